The molecule has 0 radical (unpaired) electrons. The van der Waals surface area contributed by atoms with Gasteiger partial charge in [0.15, 0.2) is 0 Å². The summed E-state index contributed by atoms with van der Waals surface area (Å²) >= 11 is 1.82. The Hall–Kier alpha value is -1.77. The number of nitrogens with zero attached hydrogens (tertiary/aromatic N) is 3. The minimum atomic E-state index is -3.49. The van der Waals surface area contributed by atoms with Crippen LogP contribution in [0.15, 0.2) is 52.5 Å². The number of aryl methyl sites for hydroxylation is 1. The SMILES string of the molecule is CC1CCN(C(=O)C2CCN(S(=O)(=O)c3ccn(C)c3)CC2)c2ccccc2S1. The van der Waals surface area contributed by atoms with Crippen molar-refractivity contribution in [1.29, 1.82) is 0 Å². The van der Waals surface area contributed by atoms with Gasteiger partial charge >= 0.3 is 0 Å². The molecule has 1 amide bonds. The van der Waals surface area contributed by atoms with Crippen molar-refractivity contribution in [2.75, 3.05) is 24.5 Å². The van der Waals surface area contributed by atoms with Crippen molar-refractivity contribution in [3.8, 4) is 0 Å². The second-order valence-corrected chi connectivity index (χ2v) is 11.3. The standard InChI is InChI=1S/C21H27N3O3S2/c1-16-7-14-24(19-5-3-4-6-20(19)28-16)21(25)17-8-12-23(13-9-17)29(26,27)18-10-11-22(2)15-18/h3-6,10-11,15-17H,7-9,12-14H2,1-2H3. The van der Waals surface area contributed by atoms with Gasteiger partial charge in [-0.15, -0.1) is 11.8 Å². The fourth-order valence-electron chi connectivity index (χ4n) is 4.06. The van der Waals surface area contributed by atoms with E-state index in [4.69, 9.17) is 0 Å². The molecule has 6 nitrogen and oxygen atoms in total. The number of piperidine rings is 1. The summed E-state index contributed by atoms with van der Waals surface area (Å²) in [4.78, 5) is 16.7. The lowest BCUT2D eigenvalue weighted by Gasteiger charge is -2.33. The van der Waals surface area contributed by atoms with Gasteiger partial charge in [0, 0.05) is 55.1 Å². The smallest absolute Gasteiger partial charge is 0.244 e. The third kappa shape index (κ3) is 4.11. The highest BCUT2D eigenvalue weighted by molar-refractivity contribution is 8.00. The van der Waals surface area contributed by atoms with Crippen LogP contribution in [0, 0.1) is 5.92 Å². The number of hydrogen-bond acceptors (Lipinski definition) is 4. The molecule has 2 aromatic rings. The van der Waals surface area contributed by atoms with Gasteiger partial charge in [0.25, 0.3) is 0 Å². The van der Waals surface area contributed by atoms with E-state index in [0.29, 0.717) is 42.6 Å². The van der Waals surface area contributed by atoms with Crippen LogP contribution in [0.3, 0.4) is 0 Å². The lowest BCUT2D eigenvalue weighted by atomic mass is 9.96. The summed E-state index contributed by atoms with van der Waals surface area (Å²) < 4.78 is 28.9. The Morgan fingerprint density at radius 3 is 2.48 bits per heavy atom. The van der Waals surface area contributed by atoms with E-state index >= 15 is 0 Å². The van der Waals surface area contributed by atoms with E-state index in [1.165, 1.54) is 4.31 Å². The molecular weight excluding hydrogens is 406 g/mol. The predicted octanol–water partition coefficient (Wildman–Crippen LogP) is 3.34. The molecule has 0 N–H and O–H groups in total. The number of anilines is 1. The molecule has 2 aliphatic rings. The second kappa shape index (κ2) is 8.16. The summed E-state index contributed by atoms with van der Waals surface area (Å²) in [5.74, 6) is -0.00686. The van der Waals surface area contributed by atoms with E-state index in [2.05, 4.69) is 13.0 Å². The van der Waals surface area contributed by atoms with Gasteiger partial charge in [-0.2, -0.15) is 4.31 Å². The van der Waals surface area contributed by atoms with Crippen molar-refractivity contribution >= 4 is 33.4 Å². The normalized spacial score (nSPS) is 21.6. The third-order valence-electron chi connectivity index (χ3n) is 5.76. The third-order valence-corrected chi connectivity index (χ3v) is 8.87. The first-order chi connectivity index (χ1) is 13.9. The number of fused-ring (bicyclic) bond motifs is 1. The molecule has 0 aliphatic carbocycles. The lowest BCUT2D eigenvalue weighted by Crippen LogP contribution is -2.44. The van der Waals surface area contributed by atoms with Crippen molar-refractivity contribution in [1.82, 2.24) is 8.87 Å². The van der Waals surface area contributed by atoms with E-state index in [9.17, 15) is 13.2 Å². The van der Waals surface area contributed by atoms with Gasteiger partial charge in [0.2, 0.25) is 15.9 Å². The maximum Gasteiger partial charge on any atom is 0.244 e. The summed E-state index contributed by atoms with van der Waals surface area (Å²) in [5.41, 5.74) is 0.992. The van der Waals surface area contributed by atoms with Gasteiger partial charge in [-0.05, 0) is 37.5 Å². The number of rotatable bonds is 3. The maximum absolute atomic E-state index is 13.4. The van der Waals surface area contributed by atoms with Crippen LogP contribution in [0.4, 0.5) is 5.69 Å². The summed E-state index contributed by atoms with van der Waals surface area (Å²) in [6.07, 6.45) is 5.43. The van der Waals surface area contributed by atoms with Crippen LogP contribution in [-0.4, -0.2) is 48.1 Å². The molecule has 0 spiro atoms. The molecule has 0 saturated carbocycles. The molecule has 0 bridgehead atoms. The topological polar surface area (TPSA) is 62.6 Å². The molecule has 1 atom stereocenters. The average molecular weight is 434 g/mol. The summed E-state index contributed by atoms with van der Waals surface area (Å²) in [5, 5.41) is 0.465. The molecule has 29 heavy (non-hydrogen) atoms. The summed E-state index contributed by atoms with van der Waals surface area (Å²) in [6, 6.07) is 9.72. The zero-order chi connectivity index (χ0) is 20.6. The highest BCUT2D eigenvalue weighted by atomic mass is 32.2. The van der Waals surface area contributed by atoms with Gasteiger partial charge in [-0.25, -0.2) is 8.42 Å². The molecule has 156 valence electrons. The minimum absolute atomic E-state index is 0.129. The molecule has 1 fully saturated rings. The molecule has 8 heteroatoms. The zero-order valence-corrected chi connectivity index (χ0v) is 18.5. The number of thioether (sulfide) groups is 1. The van der Waals surface area contributed by atoms with Crippen molar-refractivity contribution in [2.24, 2.45) is 13.0 Å². The van der Waals surface area contributed by atoms with E-state index in [1.54, 1.807) is 23.0 Å². The van der Waals surface area contributed by atoms with Gasteiger partial charge in [0.1, 0.15) is 0 Å². The first-order valence-corrected chi connectivity index (χ1v) is 12.4. The van der Waals surface area contributed by atoms with Crippen LogP contribution in [0.1, 0.15) is 26.2 Å². The monoisotopic (exact) mass is 433 g/mol. The number of carbonyl (C=O) groups excluding carboxylic acids is 1. The largest absolute Gasteiger partial charge is 0.356 e. The number of para-hydroxylation sites is 1. The van der Waals surface area contributed by atoms with Crippen LogP contribution in [0.5, 0.6) is 0 Å². The Balaban J connectivity index is 1.47. The van der Waals surface area contributed by atoms with Crippen LogP contribution >= 0.6 is 11.8 Å². The quantitative estimate of drug-likeness (QED) is 0.745. The highest BCUT2D eigenvalue weighted by Crippen LogP contribution is 2.38. The minimum Gasteiger partial charge on any atom is -0.356 e. The van der Waals surface area contributed by atoms with Gasteiger partial charge in [-0.3, -0.25) is 4.79 Å². The lowest BCUT2D eigenvalue weighted by molar-refractivity contribution is -0.123. The van der Waals surface area contributed by atoms with E-state index in [0.717, 1.165) is 17.0 Å². The van der Waals surface area contributed by atoms with Crippen LogP contribution in [0.2, 0.25) is 0 Å². The van der Waals surface area contributed by atoms with Crippen molar-refractivity contribution < 1.29 is 13.2 Å². The Kier molecular flexibility index (Phi) is 5.77. The molecule has 1 aromatic heterocycles. The van der Waals surface area contributed by atoms with Gasteiger partial charge < -0.3 is 9.47 Å². The number of hydrogen-bond donors (Lipinski definition) is 0. The highest BCUT2D eigenvalue weighted by Gasteiger charge is 2.35. The van der Waals surface area contributed by atoms with Gasteiger partial charge in [0.05, 0.1) is 10.6 Å². The van der Waals surface area contributed by atoms with E-state index in [-0.39, 0.29) is 11.8 Å². The predicted molar refractivity (Wildman–Crippen MR) is 116 cm³/mol. The Morgan fingerprint density at radius 2 is 1.79 bits per heavy atom. The Bertz CT molecular complexity index is 994. The number of amides is 1. The zero-order valence-electron chi connectivity index (χ0n) is 16.8. The average Bonchev–Trinajstić information content (AvgIpc) is 3.08. The molecule has 1 saturated heterocycles. The number of benzene rings is 1. The maximum atomic E-state index is 13.4. The Morgan fingerprint density at radius 1 is 1.07 bits per heavy atom. The molecule has 4 rings (SSSR count). The summed E-state index contributed by atoms with van der Waals surface area (Å²) in [6.45, 7) is 3.68. The van der Waals surface area contributed by atoms with E-state index in [1.807, 2.05) is 41.9 Å². The van der Waals surface area contributed by atoms with Crippen molar-refractivity contribution in [3.63, 3.8) is 0 Å². The molecule has 3 heterocycles. The molecule has 1 unspecified atom stereocenters. The van der Waals surface area contributed by atoms with Gasteiger partial charge in [-0.1, -0.05) is 19.1 Å². The molecule has 2 aliphatic heterocycles. The fraction of sp³-hybridized carbons (Fsp3) is 0.476. The van der Waals surface area contributed by atoms with Crippen molar-refractivity contribution in [2.45, 2.75) is 41.2 Å². The first-order valence-electron chi connectivity index (χ1n) is 10.1. The Labute approximate surface area is 176 Å². The van der Waals surface area contributed by atoms with Crippen LogP contribution < -0.4 is 4.90 Å². The number of aromatic nitrogens is 1. The number of sulfonamides is 1. The number of carbonyl (C=O) groups is 1. The molecular formula is C21H27N3O3S2. The summed E-state index contributed by atoms with van der Waals surface area (Å²) in [7, 11) is -1.69. The first kappa shape index (κ1) is 20.5. The molecule has 1 aromatic carbocycles. The van der Waals surface area contributed by atoms with Crippen LogP contribution in [0.25, 0.3) is 0 Å². The van der Waals surface area contributed by atoms with E-state index < -0.39 is 10.0 Å². The fourth-order valence-corrected chi connectivity index (χ4v) is 6.69. The van der Waals surface area contributed by atoms with Crippen molar-refractivity contribution in [3.05, 3.63) is 42.7 Å². The van der Waals surface area contributed by atoms with Crippen LogP contribution in [-0.2, 0) is 21.9 Å². The second-order valence-electron chi connectivity index (χ2n) is 7.87.